The molecule has 0 saturated carbocycles. The molecule has 2 unspecified atom stereocenters. The van der Waals surface area contributed by atoms with Gasteiger partial charge in [0.25, 0.3) is 5.92 Å². The number of alkyl halides is 2. The summed E-state index contributed by atoms with van der Waals surface area (Å²) in [6.45, 7) is 2.47. The van der Waals surface area contributed by atoms with E-state index >= 15 is 0 Å². The van der Waals surface area contributed by atoms with Gasteiger partial charge in [-0.3, -0.25) is 20.1 Å². The molecule has 0 aromatic carbocycles. The second kappa shape index (κ2) is 6.83. The number of carbonyl (C=O) groups is 1. The summed E-state index contributed by atoms with van der Waals surface area (Å²) in [6, 6.07) is 5.37. The Kier molecular flexibility index (Phi) is 4.66. The van der Waals surface area contributed by atoms with Crippen molar-refractivity contribution in [2.45, 2.75) is 37.8 Å². The van der Waals surface area contributed by atoms with Gasteiger partial charge in [0.2, 0.25) is 5.91 Å². The van der Waals surface area contributed by atoms with Crippen molar-refractivity contribution < 1.29 is 13.6 Å². The van der Waals surface area contributed by atoms with Crippen LogP contribution >= 0.6 is 0 Å². The van der Waals surface area contributed by atoms with E-state index in [1.165, 1.54) is 0 Å². The Hall–Kier alpha value is -1.64. The monoisotopic (exact) mass is 365 g/mol. The van der Waals surface area contributed by atoms with Crippen molar-refractivity contribution in [3.05, 3.63) is 30.1 Å². The zero-order valence-electron chi connectivity index (χ0n) is 14.8. The lowest BCUT2D eigenvalue weighted by molar-refractivity contribution is -0.172. The molecule has 0 bridgehead atoms. The van der Waals surface area contributed by atoms with Crippen molar-refractivity contribution in [3.63, 3.8) is 0 Å². The Labute approximate surface area is 151 Å². The summed E-state index contributed by atoms with van der Waals surface area (Å²) < 4.78 is 29.8. The molecule has 1 aromatic rings. The minimum Gasteiger partial charge on any atom is -0.340 e. The van der Waals surface area contributed by atoms with Crippen LogP contribution in [0.2, 0.25) is 0 Å². The van der Waals surface area contributed by atoms with E-state index in [1.54, 1.807) is 11.1 Å². The molecule has 26 heavy (non-hydrogen) atoms. The van der Waals surface area contributed by atoms with E-state index < -0.39 is 11.3 Å². The minimum atomic E-state index is -2.75. The molecule has 4 heterocycles. The lowest BCUT2D eigenvalue weighted by Crippen LogP contribution is -2.60. The molecule has 2 N–H and O–H groups in total. The van der Waals surface area contributed by atoms with Gasteiger partial charge in [-0.2, -0.15) is 0 Å². The third-order valence-electron chi connectivity index (χ3n) is 5.95. The van der Waals surface area contributed by atoms with Crippen molar-refractivity contribution in [3.8, 4) is 0 Å². The number of amides is 1. The van der Waals surface area contributed by atoms with Gasteiger partial charge in [0.05, 0.1) is 11.1 Å². The van der Waals surface area contributed by atoms with Gasteiger partial charge in [-0.05, 0) is 31.5 Å². The van der Waals surface area contributed by atoms with Gasteiger partial charge in [-0.25, -0.2) is 14.2 Å². The van der Waals surface area contributed by atoms with Gasteiger partial charge in [0, 0.05) is 45.3 Å². The molecule has 1 amide bonds. The molecule has 8 heteroatoms. The second-order valence-corrected chi connectivity index (χ2v) is 7.69. The van der Waals surface area contributed by atoms with E-state index in [4.69, 9.17) is 0 Å². The van der Waals surface area contributed by atoms with Gasteiger partial charge >= 0.3 is 0 Å². The molecule has 1 spiro atoms. The lowest BCUT2D eigenvalue weighted by atomic mass is 9.75. The number of nitrogens with zero attached hydrogens (tertiary/aromatic N) is 3. The fourth-order valence-corrected chi connectivity index (χ4v) is 4.42. The number of likely N-dealkylation sites (tertiary alicyclic amines) is 2. The topological polar surface area (TPSA) is 60.5 Å². The molecule has 0 aliphatic carbocycles. The molecule has 3 aliphatic heterocycles. The number of carbonyl (C=O) groups excluding carboxylic acids is 1. The number of halogens is 2. The smallest absolute Gasteiger partial charge is 0.258 e. The van der Waals surface area contributed by atoms with E-state index in [0.717, 1.165) is 12.2 Å². The second-order valence-electron chi connectivity index (χ2n) is 7.69. The molecule has 1 aromatic heterocycles. The van der Waals surface area contributed by atoms with Gasteiger partial charge in [0.15, 0.2) is 0 Å². The normalized spacial score (nSPS) is 31.6. The van der Waals surface area contributed by atoms with Crippen molar-refractivity contribution >= 4 is 5.91 Å². The van der Waals surface area contributed by atoms with Crippen molar-refractivity contribution in [2.75, 3.05) is 32.7 Å². The average molecular weight is 365 g/mol. The first kappa shape index (κ1) is 17.8. The number of aromatic nitrogens is 1. The van der Waals surface area contributed by atoms with Crippen LogP contribution in [-0.2, 0) is 11.3 Å². The Balaban J connectivity index is 1.46. The minimum absolute atomic E-state index is 0.0620. The number of nitrogens with one attached hydrogen (secondary N) is 2. The molecule has 4 rings (SSSR count). The van der Waals surface area contributed by atoms with Gasteiger partial charge in [0.1, 0.15) is 6.04 Å². The lowest BCUT2D eigenvalue weighted by Gasteiger charge is -2.46. The van der Waals surface area contributed by atoms with Gasteiger partial charge < -0.3 is 4.90 Å². The highest BCUT2D eigenvalue weighted by Crippen LogP contribution is 2.49. The average Bonchev–Trinajstić information content (AvgIpc) is 3.29. The van der Waals surface area contributed by atoms with Crippen LogP contribution in [0, 0.1) is 5.41 Å². The van der Waals surface area contributed by atoms with E-state index in [0.29, 0.717) is 32.5 Å². The van der Waals surface area contributed by atoms with Gasteiger partial charge in [-0.1, -0.05) is 6.07 Å². The third kappa shape index (κ3) is 3.21. The summed E-state index contributed by atoms with van der Waals surface area (Å²) in [4.78, 5) is 20.7. The predicted molar refractivity (Wildman–Crippen MR) is 92.3 cm³/mol. The Morgan fingerprint density at radius 3 is 2.88 bits per heavy atom. The summed E-state index contributed by atoms with van der Waals surface area (Å²) in [5.41, 5.74) is 5.63. The van der Waals surface area contributed by atoms with E-state index in [9.17, 15) is 13.6 Å². The van der Waals surface area contributed by atoms with Crippen LogP contribution in [0.4, 0.5) is 8.78 Å². The van der Waals surface area contributed by atoms with Crippen LogP contribution in [0.15, 0.2) is 24.4 Å². The third-order valence-corrected chi connectivity index (χ3v) is 5.95. The van der Waals surface area contributed by atoms with Crippen molar-refractivity contribution in [2.24, 2.45) is 5.41 Å². The van der Waals surface area contributed by atoms with Crippen LogP contribution in [0.1, 0.15) is 25.0 Å². The number of pyridine rings is 1. The highest BCUT2D eigenvalue weighted by molar-refractivity contribution is 5.82. The summed E-state index contributed by atoms with van der Waals surface area (Å²) in [7, 11) is 0. The predicted octanol–water partition coefficient (Wildman–Crippen LogP) is 1.01. The maximum absolute atomic E-state index is 14.9. The fraction of sp³-hybridized carbons (Fsp3) is 0.667. The van der Waals surface area contributed by atoms with Crippen LogP contribution in [0.25, 0.3) is 0 Å². The maximum Gasteiger partial charge on any atom is 0.258 e. The van der Waals surface area contributed by atoms with Crippen LogP contribution < -0.4 is 10.9 Å². The zero-order chi connectivity index (χ0) is 18.2. The standard InChI is InChI=1S/C18H25F2N5O/c19-18(20)6-10-25(16(26)15-4-8-22-23-15)13-17(18)5-9-24(12-17)11-14-3-1-2-7-21-14/h1-3,7,15,22-23H,4-6,8-13H2. The summed E-state index contributed by atoms with van der Waals surface area (Å²) in [5.74, 6) is -2.81. The van der Waals surface area contributed by atoms with Crippen molar-refractivity contribution in [1.82, 2.24) is 25.6 Å². The number of rotatable bonds is 3. The molecule has 3 aliphatic rings. The Morgan fingerprint density at radius 2 is 2.15 bits per heavy atom. The first-order chi connectivity index (χ1) is 12.5. The maximum atomic E-state index is 14.9. The Bertz CT molecular complexity index is 652. The van der Waals surface area contributed by atoms with E-state index in [-0.39, 0.29) is 31.5 Å². The molecular weight excluding hydrogens is 340 g/mol. The molecule has 0 radical (unpaired) electrons. The molecule has 3 saturated heterocycles. The summed E-state index contributed by atoms with van der Waals surface area (Å²) >= 11 is 0. The number of hydrogen-bond donors (Lipinski definition) is 2. The number of piperidine rings is 1. The fourth-order valence-electron chi connectivity index (χ4n) is 4.42. The molecule has 142 valence electrons. The SMILES string of the molecule is O=C(C1CCNN1)N1CCC(F)(F)C2(CCN(Cc3ccccn3)C2)C1. The van der Waals surface area contributed by atoms with Crippen molar-refractivity contribution in [1.29, 1.82) is 0 Å². The highest BCUT2D eigenvalue weighted by Gasteiger charge is 2.60. The van der Waals surface area contributed by atoms with E-state index in [2.05, 4.69) is 15.8 Å². The molecule has 3 fully saturated rings. The van der Waals surface area contributed by atoms with E-state index in [1.807, 2.05) is 23.1 Å². The van der Waals surface area contributed by atoms with Crippen LogP contribution in [0.3, 0.4) is 0 Å². The summed E-state index contributed by atoms with van der Waals surface area (Å²) in [6.07, 6.45) is 2.58. The quantitative estimate of drug-likeness (QED) is 0.837. The summed E-state index contributed by atoms with van der Waals surface area (Å²) in [5, 5.41) is 0. The largest absolute Gasteiger partial charge is 0.340 e. The Morgan fingerprint density at radius 1 is 1.27 bits per heavy atom. The highest BCUT2D eigenvalue weighted by atomic mass is 19.3. The first-order valence-corrected chi connectivity index (χ1v) is 9.26. The van der Waals surface area contributed by atoms with Crippen LogP contribution in [0.5, 0.6) is 0 Å². The molecule has 6 nitrogen and oxygen atoms in total. The molecule has 2 atom stereocenters. The zero-order valence-corrected chi connectivity index (χ0v) is 14.8. The molecular formula is C18H25F2N5O. The van der Waals surface area contributed by atoms with Gasteiger partial charge in [-0.15, -0.1) is 0 Å². The number of hydrogen-bond acceptors (Lipinski definition) is 5. The number of hydrazine groups is 1. The first-order valence-electron chi connectivity index (χ1n) is 9.26. The van der Waals surface area contributed by atoms with Crippen LogP contribution in [-0.4, -0.2) is 65.4 Å².